The summed E-state index contributed by atoms with van der Waals surface area (Å²) in [5.74, 6) is -0.317. The van der Waals surface area contributed by atoms with Crippen molar-refractivity contribution in [2.24, 2.45) is 11.3 Å². The number of ether oxygens (including phenoxy) is 1. The molecule has 0 aromatic carbocycles. The zero-order chi connectivity index (χ0) is 12.0. The lowest BCUT2D eigenvalue weighted by Crippen LogP contribution is -2.27. The van der Waals surface area contributed by atoms with Crippen LogP contribution in [0.25, 0.3) is 0 Å². The van der Waals surface area contributed by atoms with Crippen LogP contribution in [0.1, 0.15) is 32.1 Å². The van der Waals surface area contributed by atoms with Crippen LogP contribution in [0.15, 0.2) is 0 Å². The van der Waals surface area contributed by atoms with Gasteiger partial charge in [-0.05, 0) is 37.5 Å². The molecule has 1 spiro atoms. The highest BCUT2D eigenvalue weighted by Crippen LogP contribution is 2.62. The van der Waals surface area contributed by atoms with Crippen LogP contribution in [-0.4, -0.2) is 26.7 Å². The summed E-state index contributed by atoms with van der Waals surface area (Å²) in [7, 11) is -3.05. The van der Waals surface area contributed by atoms with Crippen LogP contribution in [-0.2, 0) is 19.8 Å². The monoisotopic (exact) mass is 250 g/mol. The van der Waals surface area contributed by atoms with Gasteiger partial charge in [0.25, 0.3) is 0 Å². The normalized spacial score (nSPS) is 38.4. The van der Waals surface area contributed by atoms with E-state index in [1.807, 2.05) is 0 Å². The highest BCUT2D eigenvalue weighted by Gasteiger charge is 2.60. The summed E-state index contributed by atoms with van der Waals surface area (Å²) in [6.07, 6.45) is 2.64. The van der Waals surface area contributed by atoms with Crippen molar-refractivity contribution in [3.8, 4) is 0 Å². The number of methoxy groups -OCH3 is 1. The summed E-state index contributed by atoms with van der Waals surface area (Å²) >= 11 is 0. The molecule has 0 amide bonds. The smallest absolute Gasteiger partial charge is 0.309 e. The van der Waals surface area contributed by atoms with E-state index in [0.717, 1.165) is 6.42 Å². The summed E-state index contributed by atoms with van der Waals surface area (Å²) in [6.45, 7) is 0. The summed E-state index contributed by atoms with van der Waals surface area (Å²) in [4.78, 5) is 11.3. The molecule has 0 aromatic rings. The first-order chi connectivity index (χ1) is 7.39. The number of rotatable bonds is 2. The third-order valence-electron chi connectivity index (χ3n) is 4.00. The molecule has 2 aliphatic rings. The molecule has 0 radical (unpaired) electrons. The van der Waals surface area contributed by atoms with Gasteiger partial charge in [-0.15, -0.1) is 3.89 Å². The van der Waals surface area contributed by atoms with E-state index in [-0.39, 0.29) is 17.3 Å². The molecule has 2 saturated carbocycles. The van der Waals surface area contributed by atoms with Crippen LogP contribution < -0.4 is 0 Å². The van der Waals surface area contributed by atoms with E-state index in [0.29, 0.717) is 25.7 Å². The molecular formula is C10H15FO4S. The maximum Gasteiger partial charge on any atom is 0.309 e. The van der Waals surface area contributed by atoms with Crippen LogP contribution in [0.2, 0.25) is 0 Å². The van der Waals surface area contributed by atoms with Crippen molar-refractivity contribution in [3.63, 3.8) is 0 Å². The highest BCUT2D eigenvalue weighted by molar-refractivity contribution is 7.87. The minimum atomic E-state index is -4.41. The second kappa shape index (κ2) is 3.68. The molecule has 2 rings (SSSR count). The first-order valence-corrected chi connectivity index (χ1v) is 6.85. The Morgan fingerprint density at radius 2 is 1.94 bits per heavy atom. The first kappa shape index (κ1) is 11.8. The van der Waals surface area contributed by atoms with Crippen molar-refractivity contribution in [3.05, 3.63) is 0 Å². The number of carbonyl (C=O) groups excluding carboxylic acids is 1. The predicted octanol–water partition coefficient (Wildman–Crippen LogP) is 1.41. The summed E-state index contributed by atoms with van der Waals surface area (Å²) in [5, 5.41) is -0.864. The van der Waals surface area contributed by atoms with Crippen LogP contribution >= 0.6 is 0 Å². The molecule has 0 aliphatic heterocycles. The minimum Gasteiger partial charge on any atom is -0.469 e. The Morgan fingerprint density at radius 3 is 2.38 bits per heavy atom. The van der Waals surface area contributed by atoms with Gasteiger partial charge < -0.3 is 4.74 Å². The van der Waals surface area contributed by atoms with E-state index in [1.54, 1.807) is 0 Å². The van der Waals surface area contributed by atoms with Crippen LogP contribution in [0.3, 0.4) is 0 Å². The van der Waals surface area contributed by atoms with Crippen molar-refractivity contribution in [1.29, 1.82) is 0 Å². The number of hydrogen-bond acceptors (Lipinski definition) is 4. The lowest BCUT2D eigenvalue weighted by molar-refractivity contribution is -0.143. The molecule has 16 heavy (non-hydrogen) atoms. The molecule has 1 atom stereocenters. The Morgan fingerprint density at radius 1 is 1.38 bits per heavy atom. The lowest BCUT2D eigenvalue weighted by Gasteiger charge is -2.26. The third-order valence-corrected chi connectivity index (χ3v) is 5.27. The van der Waals surface area contributed by atoms with Crippen LogP contribution in [0.5, 0.6) is 0 Å². The van der Waals surface area contributed by atoms with Gasteiger partial charge in [0.1, 0.15) is 0 Å². The second-order valence-corrected chi connectivity index (χ2v) is 6.43. The molecule has 6 heteroatoms. The van der Waals surface area contributed by atoms with Crippen molar-refractivity contribution < 1.29 is 21.8 Å². The summed E-state index contributed by atoms with van der Waals surface area (Å²) in [5.41, 5.74) is -0.0890. The molecule has 4 nitrogen and oxygen atoms in total. The van der Waals surface area contributed by atoms with Gasteiger partial charge in [0, 0.05) is 0 Å². The van der Waals surface area contributed by atoms with Gasteiger partial charge in [-0.1, -0.05) is 0 Å². The zero-order valence-corrected chi connectivity index (χ0v) is 9.93. The maximum atomic E-state index is 12.7. The zero-order valence-electron chi connectivity index (χ0n) is 9.11. The summed E-state index contributed by atoms with van der Waals surface area (Å²) in [6, 6.07) is 0. The Bertz CT molecular complexity index is 395. The average molecular weight is 250 g/mol. The highest BCUT2D eigenvalue weighted by atomic mass is 32.3. The molecule has 1 unspecified atom stereocenters. The molecule has 2 aliphatic carbocycles. The van der Waals surface area contributed by atoms with E-state index in [4.69, 9.17) is 0 Å². The standard InChI is InChI=1S/C10H15FO4S/c1-15-9(12)8-6-10(8)4-2-7(3-5-10)16(11,13)14/h7-8H,2-6H2,1H3. The molecule has 0 heterocycles. The molecule has 0 aromatic heterocycles. The second-order valence-electron chi connectivity index (χ2n) is 4.82. The number of esters is 1. The Labute approximate surface area is 94.4 Å². The molecular weight excluding hydrogens is 235 g/mol. The molecule has 0 N–H and O–H groups in total. The average Bonchev–Trinajstić information content (AvgIpc) is 2.90. The molecule has 0 bridgehead atoms. The largest absolute Gasteiger partial charge is 0.469 e. The Kier molecular flexibility index (Phi) is 2.72. The number of carbonyl (C=O) groups is 1. The van der Waals surface area contributed by atoms with Crippen molar-refractivity contribution in [2.75, 3.05) is 7.11 Å². The van der Waals surface area contributed by atoms with Gasteiger partial charge in [-0.3, -0.25) is 4.79 Å². The van der Waals surface area contributed by atoms with E-state index in [2.05, 4.69) is 4.74 Å². The van der Waals surface area contributed by atoms with Crippen LogP contribution in [0, 0.1) is 11.3 Å². The van der Waals surface area contributed by atoms with Crippen LogP contribution in [0.4, 0.5) is 3.89 Å². The van der Waals surface area contributed by atoms with Crippen molar-refractivity contribution in [1.82, 2.24) is 0 Å². The van der Waals surface area contributed by atoms with Gasteiger partial charge in [0.15, 0.2) is 0 Å². The first-order valence-electron chi connectivity index (χ1n) is 5.40. The van der Waals surface area contributed by atoms with E-state index in [1.165, 1.54) is 7.11 Å². The van der Waals surface area contributed by atoms with Crippen molar-refractivity contribution in [2.45, 2.75) is 37.4 Å². The fourth-order valence-corrected chi connectivity index (χ4v) is 3.62. The molecule has 2 fully saturated rings. The quantitative estimate of drug-likeness (QED) is 0.549. The van der Waals surface area contributed by atoms with Gasteiger partial charge >= 0.3 is 16.2 Å². The molecule has 92 valence electrons. The van der Waals surface area contributed by atoms with Gasteiger partial charge in [0.05, 0.1) is 18.3 Å². The topological polar surface area (TPSA) is 60.4 Å². The van der Waals surface area contributed by atoms with Gasteiger partial charge in [0.2, 0.25) is 0 Å². The molecule has 0 saturated heterocycles. The van der Waals surface area contributed by atoms with Gasteiger partial charge in [-0.25, -0.2) is 0 Å². The minimum absolute atomic E-state index is 0.0890. The van der Waals surface area contributed by atoms with Crippen molar-refractivity contribution >= 4 is 16.2 Å². The third kappa shape index (κ3) is 1.95. The lowest BCUT2D eigenvalue weighted by atomic mass is 9.84. The Balaban J connectivity index is 1.95. The predicted molar refractivity (Wildman–Crippen MR) is 54.8 cm³/mol. The fourth-order valence-electron chi connectivity index (χ4n) is 2.82. The number of hydrogen-bond donors (Lipinski definition) is 0. The Hall–Kier alpha value is -0.650. The maximum absolute atomic E-state index is 12.7. The SMILES string of the molecule is COC(=O)C1CC12CCC(S(=O)(=O)F)CC2. The summed E-state index contributed by atoms with van der Waals surface area (Å²) < 4.78 is 38.9. The van der Waals surface area contributed by atoms with E-state index >= 15 is 0 Å². The van der Waals surface area contributed by atoms with E-state index < -0.39 is 15.5 Å². The van der Waals surface area contributed by atoms with Gasteiger partial charge in [-0.2, -0.15) is 8.42 Å². The van der Waals surface area contributed by atoms with E-state index in [9.17, 15) is 17.1 Å². The number of halogens is 1. The fraction of sp³-hybridized carbons (Fsp3) is 0.900.